The highest BCUT2D eigenvalue weighted by Gasteiger charge is 2.35. The third kappa shape index (κ3) is 2.18. The Morgan fingerprint density at radius 3 is 2.72 bits per heavy atom. The van der Waals surface area contributed by atoms with Gasteiger partial charge in [-0.3, -0.25) is 0 Å². The molecule has 1 atom stereocenters. The summed E-state index contributed by atoms with van der Waals surface area (Å²) in [6.45, 7) is 3.32. The molecule has 1 saturated heterocycles. The van der Waals surface area contributed by atoms with Crippen molar-refractivity contribution in [2.75, 3.05) is 6.61 Å². The van der Waals surface area contributed by atoms with Crippen molar-refractivity contribution in [2.45, 2.75) is 25.4 Å². The van der Waals surface area contributed by atoms with E-state index in [1.54, 1.807) is 0 Å². The minimum Gasteiger partial charge on any atom is -0.413 e. The van der Waals surface area contributed by atoms with Crippen LogP contribution in [0.2, 0.25) is 12.6 Å². The Labute approximate surface area is 114 Å². The lowest BCUT2D eigenvalue weighted by Gasteiger charge is -2.33. The summed E-state index contributed by atoms with van der Waals surface area (Å²) in [6.07, 6.45) is 2.55. The van der Waals surface area contributed by atoms with Gasteiger partial charge in [-0.25, -0.2) is 0 Å². The molecule has 0 N–H and O–H groups in total. The lowest BCUT2D eigenvalue weighted by atomic mass is 10.2. The first kappa shape index (κ1) is 12.1. The van der Waals surface area contributed by atoms with Gasteiger partial charge in [0.1, 0.15) is 0 Å². The second kappa shape index (κ2) is 5.00. The Hall–Kier alpha value is -0.903. The zero-order valence-electron chi connectivity index (χ0n) is 10.7. The molecule has 2 aromatic rings. The molecule has 3 heteroatoms. The Balaban J connectivity index is 2.06. The van der Waals surface area contributed by atoms with E-state index in [2.05, 4.69) is 48.3 Å². The monoisotopic (exact) mass is 274 g/mol. The van der Waals surface area contributed by atoms with Gasteiger partial charge in [-0.1, -0.05) is 36.8 Å². The Kier molecular flexibility index (Phi) is 3.37. The molecule has 1 aromatic carbocycles. The maximum atomic E-state index is 6.23. The molecule has 1 nitrogen and oxygen atoms in total. The zero-order chi connectivity index (χ0) is 12.4. The molecule has 0 spiro atoms. The van der Waals surface area contributed by atoms with Crippen molar-refractivity contribution in [3.05, 3.63) is 41.8 Å². The molecule has 1 fully saturated rings. The van der Waals surface area contributed by atoms with Gasteiger partial charge in [0.2, 0.25) is 8.32 Å². The van der Waals surface area contributed by atoms with Crippen LogP contribution in [0.25, 0.3) is 10.4 Å². The SMILES string of the molecule is C[Si]1(c2ccccc2-c2cccs2)CCCCO1. The predicted molar refractivity (Wildman–Crippen MR) is 81.0 cm³/mol. The summed E-state index contributed by atoms with van der Waals surface area (Å²) in [5.41, 5.74) is 1.39. The van der Waals surface area contributed by atoms with Crippen molar-refractivity contribution in [3.63, 3.8) is 0 Å². The van der Waals surface area contributed by atoms with Gasteiger partial charge in [0.05, 0.1) is 0 Å². The van der Waals surface area contributed by atoms with E-state index in [9.17, 15) is 0 Å². The maximum absolute atomic E-state index is 6.23. The highest BCUT2D eigenvalue weighted by molar-refractivity contribution is 7.13. The predicted octanol–water partition coefficient (Wildman–Crippen LogP) is 4.01. The van der Waals surface area contributed by atoms with Gasteiger partial charge >= 0.3 is 0 Å². The molecule has 0 saturated carbocycles. The van der Waals surface area contributed by atoms with Crippen molar-refractivity contribution in [1.29, 1.82) is 0 Å². The van der Waals surface area contributed by atoms with Crippen LogP contribution in [-0.2, 0) is 4.43 Å². The first-order chi connectivity index (χ1) is 8.80. The van der Waals surface area contributed by atoms with Crippen LogP contribution in [-0.4, -0.2) is 14.9 Å². The van der Waals surface area contributed by atoms with E-state index in [-0.39, 0.29) is 0 Å². The zero-order valence-corrected chi connectivity index (χ0v) is 12.5. The van der Waals surface area contributed by atoms with E-state index in [1.165, 1.54) is 34.5 Å². The summed E-state index contributed by atoms with van der Waals surface area (Å²) in [4.78, 5) is 1.37. The van der Waals surface area contributed by atoms with Crippen LogP contribution in [0.4, 0.5) is 0 Å². The van der Waals surface area contributed by atoms with Crippen LogP contribution in [0.5, 0.6) is 0 Å². The molecule has 0 amide bonds. The average Bonchev–Trinajstić information content (AvgIpc) is 2.93. The first-order valence-corrected chi connectivity index (χ1v) is 10.1. The summed E-state index contributed by atoms with van der Waals surface area (Å²) >= 11 is 1.82. The summed E-state index contributed by atoms with van der Waals surface area (Å²) < 4.78 is 6.23. The first-order valence-electron chi connectivity index (χ1n) is 6.57. The normalized spacial score (nSPS) is 24.1. The molecule has 94 valence electrons. The maximum Gasteiger partial charge on any atom is 0.221 e. The van der Waals surface area contributed by atoms with Crippen LogP contribution in [0.15, 0.2) is 41.8 Å². The molecular formula is C15H18OSSi. The summed E-state index contributed by atoms with van der Waals surface area (Å²) in [6, 6.07) is 14.4. The second-order valence-electron chi connectivity index (χ2n) is 5.06. The molecule has 0 bridgehead atoms. The van der Waals surface area contributed by atoms with Crippen LogP contribution in [0.1, 0.15) is 12.8 Å². The van der Waals surface area contributed by atoms with Crippen LogP contribution in [0.3, 0.4) is 0 Å². The molecular weight excluding hydrogens is 256 g/mol. The van der Waals surface area contributed by atoms with Crippen LogP contribution >= 0.6 is 11.3 Å². The average molecular weight is 274 g/mol. The molecule has 0 radical (unpaired) electrons. The number of rotatable bonds is 2. The van der Waals surface area contributed by atoms with Crippen LogP contribution in [0, 0.1) is 0 Å². The molecule has 1 aliphatic rings. The Morgan fingerprint density at radius 1 is 1.11 bits per heavy atom. The fourth-order valence-corrected chi connectivity index (χ4v) is 6.92. The Morgan fingerprint density at radius 2 is 2.00 bits per heavy atom. The minimum absolute atomic E-state index is 0.946. The molecule has 1 aliphatic heterocycles. The van der Waals surface area contributed by atoms with E-state index >= 15 is 0 Å². The highest BCUT2D eigenvalue weighted by Crippen LogP contribution is 2.29. The van der Waals surface area contributed by atoms with Crippen molar-refractivity contribution in [2.24, 2.45) is 0 Å². The number of hydrogen-bond acceptors (Lipinski definition) is 2. The smallest absolute Gasteiger partial charge is 0.221 e. The van der Waals surface area contributed by atoms with Gasteiger partial charge in [-0.15, -0.1) is 11.3 Å². The topological polar surface area (TPSA) is 9.23 Å². The second-order valence-corrected chi connectivity index (χ2v) is 9.80. The largest absolute Gasteiger partial charge is 0.413 e. The summed E-state index contributed by atoms with van der Waals surface area (Å²) in [7, 11) is -1.71. The van der Waals surface area contributed by atoms with Gasteiger partial charge in [0, 0.05) is 11.5 Å². The quantitative estimate of drug-likeness (QED) is 0.752. The van der Waals surface area contributed by atoms with Gasteiger partial charge < -0.3 is 4.43 Å². The lowest BCUT2D eigenvalue weighted by Crippen LogP contribution is -2.50. The van der Waals surface area contributed by atoms with Crippen molar-refractivity contribution >= 4 is 24.8 Å². The molecule has 1 aromatic heterocycles. The van der Waals surface area contributed by atoms with Gasteiger partial charge in [-0.2, -0.15) is 0 Å². The lowest BCUT2D eigenvalue weighted by molar-refractivity contribution is 0.279. The van der Waals surface area contributed by atoms with Gasteiger partial charge in [-0.05, 0) is 41.2 Å². The number of thiophene rings is 1. The fraction of sp³-hybridized carbons (Fsp3) is 0.333. The number of hydrogen-bond donors (Lipinski definition) is 0. The Bertz CT molecular complexity index is 515. The molecule has 1 unspecified atom stereocenters. The third-order valence-electron chi connectivity index (χ3n) is 3.75. The van der Waals surface area contributed by atoms with Crippen molar-refractivity contribution in [1.82, 2.24) is 0 Å². The number of benzene rings is 1. The van der Waals surface area contributed by atoms with Gasteiger partial charge in [0.25, 0.3) is 0 Å². The fourth-order valence-electron chi connectivity index (χ4n) is 2.74. The summed E-state index contributed by atoms with van der Waals surface area (Å²) in [5.74, 6) is 0. The van der Waals surface area contributed by atoms with E-state index in [4.69, 9.17) is 4.43 Å². The van der Waals surface area contributed by atoms with E-state index in [0.717, 1.165) is 6.61 Å². The molecule has 0 aliphatic carbocycles. The van der Waals surface area contributed by atoms with E-state index in [0.29, 0.717) is 0 Å². The third-order valence-corrected chi connectivity index (χ3v) is 8.38. The van der Waals surface area contributed by atoms with E-state index < -0.39 is 8.32 Å². The van der Waals surface area contributed by atoms with Crippen LogP contribution < -0.4 is 5.19 Å². The molecule has 18 heavy (non-hydrogen) atoms. The highest BCUT2D eigenvalue weighted by atomic mass is 32.1. The molecule has 3 rings (SSSR count). The standard InChI is InChI=1S/C15H18OSSi/c1-18(12-5-4-10-16-18)15-9-3-2-7-13(15)14-8-6-11-17-14/h2-3,6-9,11H,4-5,10,12H2,1H3. The van der Waals surface area contributed by atoms with Crippen molar-refractivity contribution in [3.8, 4) is 10.4 Å². The van der Waals surface area contributed by atoms with Gasteiger partial charge in [0.15, 0.2) is 0 Å². The van der Waals surface area contributed by atoms with E-state index in [1.807, 2.05) is 11.3 Å². The van der Waals surface area contributed by atoms with Crippen molar-refractivity contribution < 1.29 is 4.43 Å². The summed E-state index contributed by atoms with van der Waals surface area (Å²) in [5, 5.41) is 3.63. The molecule has 2 heterocycles. The minimum atomic E-state index is -1.71.